The predicted octanol–water partition coefficient (Wildman–Crippen LogP) is 2.96. The first-order chi connectivity index (χ1) is 9.90. The Morgan fingerprint density at radius 3 is 2.52 bits per heavy atom. The number of benzene rings is 1. The van der Waals surface area contributed by atoms with E-state index >= 15 is 0 Å². The fraction of sp³-hybridized carbons (Fsp3) is 0.143. The van der Waals surface area contributed by atoms with Crippen LogP contribution in [0.15, 0.2) is 30.5 Å². The molecule has 0 saturated carbocycles. The van der Waals surface area contributed by atoms with E-state index in [0.29, 0.717) is 6.07 Å². The molecule has 0 aliphatic rings. The van der Waals surface area contributed by atoms with E-state index < -0.39 is 29.1 Å². The molecule has 0 N–H and O–H groups in total. The number of ketones is 2. The van der Waals surface area contributed by atoms with E-state index in [1.54, 1.807) is 0 Å². The maximum atomic E-state index is 13.7. The summed E-state index contributed by atoms with van der Waals surface area (Å²) in [7, 11) is 0. The second kappa shape index (κ2) is 6.05. The number of carbonyl (C=O) groups excluding carboxylic acids is 2. The van der Waals surface area contributed by atoms with Crippen molar-refractivity contribution in [2.24, 2.45) is 0 Å². The first kappa shape index (κ1) is 15.2. The highest BCUT2D eigenvalue weighted by molar-refractivity contribution is 6.28. The quantitative estimate of drug-likeness (QED) is 0.495. The van der Waals surface area contributed by atoms with Crippen molar-refractivity contribution < 1.29 is 18.4 Å². The Balaban J connectivity index is 2.48. The van der Waals surface area contributed by atoms with Gasteiger partial charge in [-0.05, 0) is 36.7 Å². The van der Waals surface area contributed by atoms with Crippen LogP contribution in [0.4, 0.5) is 8.78 Å². The highest BCUT2D eigenvalue weighted by Crippen LogP contribution is 2.23. The number of halogens is 3. The van der Waals surface area contributed by atoms with Crippen LogP contribution in [-0.2, 0) is 4.79 Å². The van der Waals surface area contributed by atoms with E-state index in [1.807, 2.05) is 0 Å². The number of hydrogen-bond donors (Lipinski definition) is 0. The molecule has 0 bridgehead atoms. The molecule has 0 spiro atoms. The molecular formula is C14H9ClF2N2O2. The lowest BCUT2D eigenvalue weighted by Gasteiger charge is -2.12. The van der Waals surface area contributed by atoms with E-state index in [-0.39, 0.29) is 16.5 Å². The van der Waals surface area contributed by atoms with Crippen LogP contribution >= 0.6 is 11.6 Å². The Labute approximate surface area is 123 Å². The zero-order chi connectivity index (χ0) is 15.6. The van der Waals surface area contributed by atoms with Crippen molar-refractivity contribution in [1.82, 2.24) is 9.97 Å². The molecule has 1 atom stereocenters. The monoisotopic (exact) mass is 310 g/mol. The van der Waals surface area contributed by atoms with Crippen LogP contribution in [0.2, 0.25) is 5.28 Å². The van der Waals surface area contributed by atoms with Crippen molar-refractivity contribution in [2.45, 2.75) is 12.8 Å². The highest BCUT2D eigenvalue weighted by atomic mass is 35.5. The van der Waals surface area contributed by atoms with Gasteiger partial charge >= 0.3 is 0 Å². The maximum absolute atomic E-state index is 13.7. The molecule has 1 aromatic carbocycles. The minimum atomic E-state index is -1.31. The topological polar surface area (TPSA) is 59.9 Å². The van der Waals surface area contributed by atoms with Crippen LogP contribution in [0.1, 0.15) is 28.9 Å². The predicted molar refractivity (Wildman–Crippen MR) is 71.2 cm³/mol. The average molecular weight is 311 g/mol. The van der Waals surface area contributed by atoms with Gasteiger partial charge in [-0.2, -0.15) is 0 Å². The average Bonchev–Trinajstić information content (AvgIpc) is 2.38. The van der Waals surface area contributed by atoms with Gasteiger partial charge in [0.25, 0.3) is 0 Å². The second-order valence-electron chi connectivity index (χ2n) is 4.28. The van der Waals surface area contributed by atoms with Crippen molar-refractivity contribution in [2.75, 3.05) is 0 Å². The molecule has 0 aliphatic heterocycles. The summed E-state index contributed by atoms with van der Waals surface area (Å²) in [5, 5.41) is -0.133. The molecule has 1 unspecified atom stereocenters. The summed E-state index contributed by atoms with van der Waals surface area (Å²) in [6, 6.07) is 3.86. The van der Waals surface area contributed by atoms with Crippen molar-refractivity contribution in [3.63, 3.8) is 0 Å². The molecule has 0 amide bonds. The Bertz CT molecular complexity index is 722. The SMILES string of the molecule is CC(=O)C(C(=O)c1ccc(F)cc1F)c1ccnc(Cl)n1. The van der Waals surface area contributed by atoms with Gasteiger partial charge in [0.05, 0.1) is 11.3 Å². The summed E-state index contributed by atoms with van der Waals surface area (Å²) in [5.74, 6) is -4.50. The Hall–Kier alpha value is -2.21. The summed E-state index contributed by atoms with van der Waals surface area (Å²) in [4.78, 5) is 31.5. The molecule has 0 radical (unpaired) electrons. The molecule has 4 nitrogen and oxygen atoms in total. The van der Waals surface area contributed by atoms with Gasteiger partial charge < -0.3 is 0 Å². The Morgan fingerprint density at radius 2 is 1.95 bits per heavy atom. The van der Waals surface area contributed by atoms with E-state index in [0.717, 1.165) is 12.1 Å². The fourth-order valence-corrected chi connectivity index (χ4v) is 2.03. The number of rotatable bonds is 4. The molecule has 21 heavy (non-hydrogen) atoms. The molecule has 1 aromatic heterocycles. The summed E-state index contributed by atoms with van der Waals surface area (Å²) >= 11 is 5.63. The maximum Gasteiger partial charge on any atom is 0.222 e. The minimum absolute atomic E-state index is 0.0659. The third-order valence-corrected chi connectivity index (χ3v) is 2.99. The van der Waals surface area contributed by atoms with Crippen molar-refractivity contribution in [3.05, 3.63) is 58.6 Å². The number of Topliss-reactive ketones (excluding diaryl/α,β-unsaturated/α-hetero) is 2. The van der Waals surface area contributed by atoms with Gasteiger partial charge in [0.15, 0.2) is 5.78 Å². The number of aromatic nitrogens is 2. The molecule has 7 heteroatoms. The molecule has 1 heterocycles. The third-order valence-electron chi connectivity index (χ3n) is 2.81. The molecule has 0 saturated heterocycles. The molecule has 0 fully saturated rings. The number of carbonyl (C=O) groups is 2. The summed E-state index contributed by atoms with van der Waals surface area (Å²) in [6.07, 6.45) is 1.29. The molecular weight excluding hydrogens is 302 g/mol. The van der Waals surface area contributed by atoms with Crippen LogP contribution in [0.25, 0.3) is 0 Å². The van der Waals surface area contributed by atoms with Crippen molar-refractivity contribution in [1.29, 1.82) is 0 Å². The number of hydrogen-bond acceptors (Lipinski definition) is 4. The largest absolute Gasteiger partial charge is 0.299 e. The van der Waals surface area contributed by atoms with Crippen molar-refractivity contribution in [3.8, 4) is 0 Å². The van der Waals surface area contributed by atoms with Gasteiger partial charge in [-0.25, -0.2) is 18.7 Å². The lowest BCUT2D eigenvalue weighted by Crippen LogP contribution is -2.22. The molecule has 108 valence electrons. The zero-order valence-corrected chi connectivity index (χ0v) is 11.6. The van der Waals surface area contributed by atoms with Crippen molar-refractivity contribution >= 4 is 23.2 Å². The standard InChI is InChI=1S/C14H9ClF2N2O2/c1-7(20)12(11-4-5-18-14(15)19-11)13(21)9-3-2-8(16)6-10(9)17/h2-6,12H,1H3. The summed E-state index contributed by atoms with van der Waals surface area (Å²) in [5.41, 5.74) is -0.317. The van der Waals surface area contributed by atoms with Crippen LogP contribution in [-0.4, -0.2) is 21.5 Å². The summed E-state index contributed by atoms with van der Waals surface area (Å²) in [6.45, 7) is 1.18. The molecule has 0 aliphatic carbocycles. The second-order valence-corrected chi connectivity index (χ2v) is 4.62. The van der Waals surface area contributed by atoms with Gasteiger partial charge in [0, 0.05) is 12.3 Å². The Morgan fingerprint density at radius 1 is 1.24 bits per heavy atom. The first-order valence-electron chi connectivity index (χ1n) is 5.88. The van der Waals surface area contributed by atoms with Crippen LogP contribution in [0.5, 0.6) is 0 Å². The lowest BCUT2D eigenvalue weighted by molar-refractivity contribution is -0.117. The molecule has 2 aromatic rings. The minimum Gasteiger partial charge on any atom is -0.299 e. The van der Waals surface area contributed by atoms with Gasteiger partial charge in [-0.1, -0.05) is 0 Å². The van der Waals surface area contributed by atoms with Gasteiger partial charge in [0.2, 0.25) is 5.28 Å². The van der Waals surface area contributed by atoms with E-state index in [9.17, 15) is 18.4 Å². The zero-order valence-electron chi connectivity index (χ0n) is 10.8. The molecule has 2 rings (SSSR count). The third kappa shape index (κ3) is 3.28. The number of nitrogens with zero attached hydrogens (tertiary/aromatic N) is 2. The van der Waals surface area contributed by atoms with Gasteiger partial charge in [-0.3, -0.25) is 9.59 Å². The van der Waals surface area contributed by atoms with Crippen LogP contribution < -0.4 is 0 Å². The van der Waals surface area contributed by atoms with E-state index in [4.69, 9.17) is 11.6 Å². The van der Waals surface area contributed by atoms with E-state index in [1.165, 1.54) is 19.2 Å². The van der Waals surface area contributed by atoms with Gasteiger partial charge in [0.1, 0.15) is 23.3 Å². The van der Waals surface area contributed by atoms with Crippen LogP contribution in [0, 0.1) is 11.6 Å². The normalized spacial score (nSPS) is 12.0. The highest BCUT2D eigenvalue weighted by Gasteiger charge is 2.30. The fourth-order valence-electron chi connectivity index (χ4n) is 1.88. The summed E-state index contributed by atoms with van der Waals surface area (Å²) < 4.78 is 26.6. The van der Waals surface area contributed by atoms with E-state index in [2.05, 4.69) is 9.97 Å². The lowest BCUT2D eigenvalue weighted by atomic mass is 9.91. The van der Waals surface area contributed by atoms with Crippen LogP contribution in [0.3, 0.4) is 0 Å². The van der Waals surface area contributed by atoms with Gasteiger partial charge in [-0.15, -0.1) is 0 Å². The first-order valence-corrected chi connectivity index (χ1v) is 6.26. The smallest absolute Gasteiger partial charge is 0.222 e. The Kier molecular flexibility index (Phi) is 4.37.